The van der Waals surface area contributed by atoms with Crippen LogP contribution in [0.25, 0.3) is 10.2 Å². The Balaban J connectivity index is 1.65. The van der Waals surface area contributed by atoms with E-state index in [-0.39, 0.29) is 10.8 Å². The molecule has 0 bridgehead atoms. The lowest BCUT2D eigenvalue weighted by atomic mass is 10.2. The van der Waals surface area contributed by atoms with Gasteiger partial charge < -0.3 is 14.4 Å². The fourth-order valence-electron chi connectivity index (χ4n) is 3.82. The number of rotatable bonds is 8. The van der Waals surface area contributed by atoms with Crippen LogP contribution >= 0.6 is 11.3 Å². The van der Waals surface area contributed by atoms with E-state index < -0.39 is 10.0 Å². The number of nitrogens with zero attached hydrogens (tertiary/aromatic N) is 4. The maximum absolute atomic E-state index is 13.6. The number of thiazole rings is 1. The molecule has 2 heterocycles. The minimum absolute atomic E-state index is 0.163. The maximum Gasteiger partial charge on any atom is 0.260 e. The molecule has 0 unspecified atom stereocenters. The molecule has 9 nitrogen and oxygen atoms in total. The van der Waals surface area contributed by atoms with Crippen molar-refractivity contribution in [2.45, 2.75) is 11.8 Å². The van der Waals surface area contributed by atoms with Crippen molar-refractivity contribution in [3.8, 4) is 5.75 Å². The molecule has 0 N–H and O–H groups in total. The number of sulfonamides is 1. The predicted molar refractivity (Wildman–Crippen MR) is 137 cm³/mol. The van der Waals surface area contributed by atoms with Gasteiger partial charge >= 0.3 is 0 Å². The van der Waals surface area contributed by atoms with E-state index in [1.54, 1.807) is 24.1 Å². The van der Waals surface area contributed by atoms with E-state index in [2.05, 4.69) is 0 Å². The zero-order valence-corrected chi connectivity index (χ0v) is 22.0. The molecule has 3 aromatic rings. The van der Waals surface area contributed by atoms with E-state index in [9.17, 15) is 13.2 Å². The Morgan fingerprint density at radius 2 is 1.80 bits per heavy atom. The maximum atomic E-state index is 13.6. The normalized spacial score (nSPS) is 15.0. The first-order valence-corrected chi connectivity index (χ1v) is 13.6. The summed E-state index contributed by atoms with van der Waals surface area (Å²) >= 11 is 1.44. The van der Waals surface area contributed by atoms with E-state index in [0.29, 0.717) is 55.8 Å². The van der Waals surface area contributed by atoms with Crippen molar-refractivity contribution in [2.24, 2.45) is 0 Å². The third-order valence-electron chi connectivity index (χ3n) is 5.87. The SMILES string of the molecule is COc1ccc(C)c2sc(N(CCN(C)C)C(=O)c3ccc(S(=O)(=O)N4CCOCC4)cc3)nc12. The van der Waals surface area contributed by atoms with Crippen LogP contribution in [-0.2, 0) is 14.8 Å². The molecule has 0 atom stereocenters. The number of benzene rings is 2. The number of methoxy groups -OCH3 is 1. The number of fused-ring (bicyclic) bond motifs is 1. The summed E-state index contributed by atoms with van der Waals surface area (Å²) in [6.45, 7) is 4.47. The van der Waals surface area contributed by atoms with E-state index >= 15 is 0 Å². The second kappa shape index (κ2) is 10.6. The van der Waals surface area contributed by atoms with Crippen LogP contribution in [0.4, 0.5) is 5.13 Å². The zero-order valence-electron chi connectivity index (χ0n) is 20.4. The van der Waals surface area contributed by atoms with E-state index in [0.717, 1.165) is 15.8 Å². The molecular formula is C24H30N4O5S2. The highest BCUT2D eigenvalue weighted by atomic mass is 32.2. The predicted octanol–water partition coefficient (Wildman–Crippen LogP) is 2.84. The van der Waals surface area contributed by atoms with Gasteiger partial charge in [-0.3, -0.25) is 9.69 Å². The summed E-state index contributed by atoms with van der Waals surface area (Å²) in [6, 6.07) is 9.97. The molecule has 4 rings (SSSR count). The molecule has 0 aliphatic carbocycles. The van der Waals surface area contributed by atoms with Gasteiger partial charge in [0.1, 0.15) is 11.3 Å². The van der Waals surface area contributed by atoms with Crippen LogP contribution in [0.3, 0.4) is 0 Å². The van der Waals surface area contributed by atoms with Crippen LogP contribution in [0.2, 0.25) is 0 Å². The summed E-state index contributed by atoms with van der Waals surface area (Å²) in [7, 11) is 1.86. The molecule has 2 aromatic carbocycles. The van der Waals surface area contributed by atoms with Gasteiger partial charge in [-0.25, -0.2) is 13.4 Å². The lowest BCUT2D eigenvalue weighted by Gasteiger charge is -2.26. The van der Waals surface area contributed by atoms with Crippen molar-refractivity contribution in [3.05, 3.63) is 47.5 Å². The minimum atomic E-state index is -3.63. The molecule has 0 saturated carbocycles. The van der Waals surface area contributed by atoms with Gasteiger partial charge in [0.05, 0.1) is 29.9 Å². The van der Waals surface area contributed by atoms with Gasteiger partial charge in [-0.2, -0.15) is 4.31 Å². The van der Waals surface area contributed by atoms with Gasteiger partial charge in [0.15, 0.2) is 5.13 Å². The van der Waals surface area contributed by atoms with Crippen LogP contribution in [0.5, 0.6) is 5.75 Å². The second-order valence-electron chi connectivity index (χ2n) is 8.56. The van der Waals surface area contributed by atoms with Crippen LogP contribution < -0.4 is 9.64 Å². The molecule has 35 heavy (non-hydrogen) atoms. The number of amides is 1. The van der Waals surface area contributed by atoms with Gasteiger partial charge in [0.2, 0.25) is 10.0 Å². The Labute approximate surface area is 209 Å². The highest BCUT2D eigenvalue weighted by molar-refractivity contribution is 7.89. The second-order valence-corrected chi connectivity index (χ2v) is 11.5. The topological polar surface area (TPSA) is 92.3 Å². The Bertz CT molecular complexity index is 1300. The summed E-state index contributed by atoms with van der Waals surface area (Å²) in [4.78, 5) is 22.2. The fourth-order valence-corrected chi connectivity index (χ4v) is 6.31. The van der Waals surface area contributed by atoms with E-state index in [1.165, 1.54) is 27.8 Å². The average Bonchev–Trinajstić information content (AvgIpc) is 3.31. The first kappa shape index (κ1) is 25.5. The van der Waals surface area contributed by atoms with Gasteiger partial charge in [-0.1, -0.05) is 17.4 Å². The van der Waals surface area contributed by atoms with Gasteiger partial charge in [-0.15, -0.1) is 0 Å². The van der Waals surface area contributed by atoms with E-state index in [1.807, 2.05) is 38.1 Å². The minimum Gasteiger partial charge on any atom is -0.494 e. The molecule has 1 fully saturated rings. The van der Waals surface area contributed by atoms with Crippen molar-refractivity contribution < 1.29 is 22.7 Å². The Morgan fingerprint density at radius 1 is 1.11 bits per heavy atom. The monoisotopic (exact) mass is 518 g/mol. The molecule has 11 heteroatoms. The highest BCUT2D eigenvalue weighted by Crippen LogP contribution is 2.36. The summed E-state index contributed by atoms with van der Waals surface area (Å²) in [5.74, 6) is 0.420. The summed E-state index contributed by atoms with van der Waals surface area (Å²) in [5, 5.41) is 0.574. The van der Waals surface area contributed by atoms with Crippen LogP contribution in [-0.4, -0.2) is 89.1 Å². The number of carbonyl (C=O) groups is 1. The number of aromatic nitrogens is 1. The van der Waals surface area contributed by atoms with Crippen molar-refractivity contribution in [1.82, 2.24) is 14.2 Å². The first-order chi connectivity index (χ1) is 16.7. The van der Waals surface area contributed by atoms with Crippen molar-refractivity contribution in [1.29, 1.82) is 0 Å². The lowest BCUT2D eigenvalue weighted by molar-refractivity contribution is 0.0730. The smallest absolute Gasteiger partial charge is 0.260 e. The Morgan fingerprint density at radius 3 is 2.43 bits per heavy atom. The molecule has 1 aromatic heterocycles. The van der Waals surface area contributed by atoms with Crippen molar-refractivity contribution in [2.75, 3.05) is 65.5 Å². The summed E-state index contributed by atoms with van der Waals surface area (Å²) in [5.41, 5.74) is 2.18. The molecular weight excluding hydrogens is 488 g/mol. The van der Waals surface area contributed by atoms with E-state index in [4.69, 9.17) is 14.5 Å². The van der Waals surface area contributed by atoms with Crippen LogP contribution in [0.15, 0.2) is 41.3 Å². The highest BCUT2D eigenvalue weighted by Gasteiger charge is 2.27. The molecule has 0 radical (unpaired) electrons. The number of hydrogen-bond acceptors (Lipinski definition) is 8. The number of carbonyl (C=O) groups excluding carboxylic acids is 1. The summed E-state index contributed by atoms with van der Waals surface area (Å²) in [6.07, 6.45) is 0. The van der Waals surface area contributed by atoms with Crippen molar-refractivity contribution in [3.63, 3.8) is 0 Å². The molecule has 1 aliphatic heterocycles. The zero-order chi connectivity index (χ0) is 25.2. The molecule has 1 amide bonds. The number of morpholine rings is 1. The third-order valence-corrected chi connectivity index (χ3v) is 8.99. The van der Waals surface area contributed by atoms with Crippen LogP contribution in [0, 0.1) is 6.92 Å². The summed E-state index contributed by atoms with van der Waals surface area (Å²) < 4.78 is 39.0. The third kappa shape index (κ3) is 5.34. The molecule has 1 aliphatic rings. The molecule has 1 saturated heterocycles. The van der Waals surface area contributed by atoms with Crippen LogP contribution in [0.1, 0.15) is 15.9 Å². The first-order valence-electron chi connectivity index (χ1n) is 11.3. The van der Waals surface area contributed by atoms with Gasteiger partial charge in [0.25, 0.3) is 5.91 Å². The quantitative estimate of drug-likeness (QED) is 0.453. The largest absolute Gasteiger partial charge is 0.494 e. The Hall–Kier alpha value is -2.57. The Kier molecular flexibility index (Phi) is 7.72. The number of ether oxygens (including phenoxy) is 2. The lowest BCUT2D eigenvalue weighted by Crippen LogP contribution is -2.40. The van der Waals surface area contributed by atoms with Gasteiger partial charge in [-0.05, 0) is 56.9 Å². The molecule has 0 spiro atoms. The number of aryl methyl sites for hydroxylation is 1. The molecule has 188 valence electrons. The van der Waals surface area contributed by atoms with Crippen molar-refractivity contribution >= 4 is 42.6 Å². The number of anilines is 1. The standard InChI is InChI=1S/C24H30N4O5S2/c1-17-5-10-20(32-4)21-22(17)34-24(25-21)28(12-11-26(2)3)23(29)18-6-8-19(9-7-18)35(30,31)27-13-15-33-16-14-27/h5-10H,11-16H2,1-4H3. The average molecular weight is 519 g/mol. The van der Waals surface area contributed by atoms with Gasteiger partial charge in [0, 0.05) is 31.7 Å². The number of hydrogen-bond donors (Lipinski definition) is 0. The fraction of sp³-hybridized carbons (Fsp3) is 0.417. The number of likely N-dealkylation sites (N-methyl/N-ethyl adjacent to an activating group) is 1.